The summed E-state index contributed by atoms with van der Waals surface area (Å²) in [6.45, 7) is 0.852. The topological polar surface area (TPSA) is 188 Å². The number of ether oxygens (including phenoxy) is 1. The number of phosphoric acid groups is 1. The van der Waals surface area contributed by atoms with Crippen LogP contribution in [0, 0.1) is 6.92 Å². The van der Waals surface area contributed by atoms with Gasteiger partial charge in [0, 0.05) is 18.2 Å². The number of nitrogens with zero attached hydrogens (tertiary/aromatic N) is 1. The molecule has 3 unspecified atom stereocenters. The van der Waals surface area contributed by atoms with Crippen molar-refractivity contribution in [3.63, 3.8) is 0 Å². The van der Waals surface area contributed by atoms with Crippen molar-refractivity contribution in [2.75, 3.05) is 6.61 Å². The number of hydrogen-bond acceptors (Lipinski definition) is 8. The van der Waals surface area contributed by atoms with Crippen molar-refractivity contribution in [1.29, 1.82) is 0 Å². The van der Waals surface area contributed by atoms with Crippen molar-refractivity contribution < 1.29 is 93.3 Å². The molecule has 0 spiro atoms. The first kappa shape index (κ1) is 26.9. The second kappa shape index (κ2) is 10.7. The molecule has 4 N–H and O–H groups in total. The maximum absolute atomic E-state index is 11.7. The van der Waals surface area contributed by atoms with E-state index in [0.717, 1.165) is 4.57 Å². The molecule has 24 heavy (non-hydrogen) atoms. The van der Waals surface area contributed by atoms with E-state index < -0.39 is 44.1 Å². The molecule has 0 amide bonds. The summed E-state index contributed by atoms with van der Waals surface area (Å²) in [5, 5.41) is 9.75. The van der Waals surface area contributed by atoms with E-state index in [1.807, 2.05) is 0 Å². The van der Waals surface area contributed by atoms with Crippen molar-refractivity contribution in [3.05, 3.63) is 32.6 Å². The van der Waals surface area contributed by atoms with Gasteiger partial charge in [0.05, 0.1) is 20.5 Å². The fourth-order valence-electron chi connectivity index (χ4n) is 2.00. The molecule has 11 nitrogen and oxygen atoms in total. The molecule has 0 bridgehead atoms. The molecule has 0 aliphatic carbocycles. The molecule has 0 radical (unpaired) electrons. The van der Waals surface area contributed by atoms with E-state index in [1.54, 1.807) is 0 Å². The van der Waals surface area contributed by atoms with Gasteiger partial charge in [0.2, 0.25) is 0 Å². The molecule has 1 aromatic heterocycles. The smallest absolute Gasteiger partial charge is 0.790 e. The molecule has 126 valence electrons. The summed E-state index contributed by atoms with van der Waals surface area (Å²) in [6.07, 6.45) is -1.81. The quantitative estimate of drug-likeness (QED) is 0.378. The maximum atomic E-state index is 11.7. The summed E-state index contributed by atoms with van der Waals surface area (Å²) >= 11 is 0. The van der Waals surface area contributed by atoms with Gasteiger partial charge in [-0.25, -0.2) is 4.79 Å². The van der Waals surface area contributed by atoms with Gasteiger partial charge in [-0.2, -0.15) is 0 Å². The summed E-state index contributed by atoms with van der Waals surface area (Å²) in [5.74, 6) is 0. The van der Waals surface area contributed by atoms with Crippen LogP contribution >= 0.6 is 7.82 Å². The van der Waals surface area contributed by atoms with Crippen LogP contribution in [0.1, 0.15) is 18.2 Å². The molecule has 0 aromatic carbocycles. The van der Waals surface area contributed by atoms with Gasteiger partial charge in [-0.05, 0) is 6.92 Å². The molecule has 1 aliphatic rings. The van der Waals surface area contributed by atoms with Crippen LogP contribution in [0.4, 0.5) is 0 Å². The number of aromatic amines is 1. The number of hydrogen-bond donors (Lipinski definition) is 2. The fourth-order valence-corrected chi connectivity index (χ4v) is 2.33. The van der Waals surface area contributed by atoms with E-state index >= 15 is 0 Å². The van der Waals surface area contributed by atoms with Crippen LogP contribution in [0.15, 0.2) is 15.8 Å². The van der Waals surface area contributed by atoms with Crippen molar-refractivity contribution in [2.45, 2.75) is 31.8 Å². The zero-order valence-corrected chi connectivity index (χ0v) is 18.3. The average Bonchev–Trinajstić information content (AvgIpc) is 2.72. The molecule has 14 heteroatoms. The number of H-pyrrole nitrogens is 1. The van der Waals surface area contributed by atoms with E-state index in [4.69, 9.17) is 4.74 Å². The molecule has 3 atom stereocenters. The minimum absolute atomic E-state index is 0. The number of nitrogens with one attached hydrogen (secondary N) is 1. The molecular formula is C10H15N2Na2O9P. The van der Waals surface area contributed by atoms with Gasteiger partial charge in [-0.1, -0.05) is 0 Å². The molecule has 1 aromatic rings. The third-order valence-corrected chi connectivity index (χ3v) is 3.52. The first-order valence-corrected chi connectivity index (χ1v) is 7.45. The molecule has 1 fully saturated rings. The SMILES string of the molecule is Cc1cn(C2CC(O)C(COP(=O)([O-])[O-])O2)c(=O)[nH]c1=O.O.[Na+].[Na+]. The standard InChI is InChI=1S/C10H15N2O8P.2Na.H2O/c1-5-3-12(10(15)11-9(5)14)8-2-6(13)7(20-8)4-19-21(16,17)18;;;/h3,6-8,13H,2,4H2,1H3,(H,11,14,15)(H2,16,17,18);;;1H2/q;2*+1;/p-2. The number of rotatable bonds is 4. The fraction of sp³-hybridized carbons (Fsp3) is 0.600. The normalized spacial score (nSPS) is 22.9. The van der Waals surface area contributed by atoms with Crippen molar-refractivity contribution in [3.8, 4) is 0 Å². The summed E-state index contributed by atoms with van der Waals surface area (Å²) in [7, 11) is -5.17. The minimum Gasteiger partial charge on any atom is -0.790 e. The third kappa shape index (κ3) is 7.12. The Balaban J connectivity index is 0. The average molecular weight is 384 g/mol. The molecule has 1 saturated heterocycles. The zero-order chi connectivity index (χ0) is 15.8. The van der Waals surface area contributed by atoms with Gasteiger partial charge in [0.25, 0.3) is 5.56 Å². The van der Waals surface area contributed by atoms with Gasteiger partial charge in [-0.15, -0.1) is 0 Å². The van der Waals surface area contributed by atoms with E-state index in [1.165, 1.54) is 13.1 Å². The van der Waals surface area contributed by atoms with Crippen molar-refractivity contribution in [2.24, 2.45) is 0 Å². The van der Waals surface area contributed by atoms with Gasteiger partial charge in [-0.3, -0.25) is 14.3 Å². The van der Waals surface area contributed by atoms with Crippen LogP contribution in [0.3, 0.4) is 0 Å². The molecule has 0 saturated carbocycles. The summed E-state index contributed by atoms with van der Waals surface area (Å²) < 4.78 is 20.8. The number of aryl methyl sites for hydroxylation is 1. The van der Waals surface area contributed by atoms with Gasteiger partial charge < -0.3 is 34.2 Å². The second-order valence-corrected chi connectivity index (χ2v) is 5.81. The van der Waals surface area contributed by atoms with Crippen molar-refractivity contribution >= 4 is 7.82 Å². The van der Waals surface area contributed by atoms with Crippen molar-refractivity contribution in [1.82, 2.24) is 9.55 Å². The Hall–Kier alpha value is 0.670. The second-order valence-electron chi connectivity index (χ2n) is 4.65. The van der Waals surface area contributed by atoms with Crippen LogP contribution < -0.4 is 80.2 Å². The molecule has 2 rings (SSSR count). The van der Waals surface area contributed by atoms with E-state index in [0.29, 0.717) is 0 Å². The number of aromatic nitrogens is 2. The zero-order valence-electron chi connectivity index (χ0n) is 13.4. The Morgan fingerprint density at radius 1 is 1.46 bits per heavy atom. The Bertz CT molecular complexity index is 688. The minimum atomic E-state index is -5.17. The largest absolute Gasteiger partial charge is 1.00 e. The molecule has 1 aliphatic heterocycles. The third-order valence-electron chi connectivity index (χ3n) is 3.06. The van der Waals surface area contributed by atoms with Gasteiger partial charge >= 0.3 is 64.8 Å². The van der Waals surface area contributed by atoms with E-state index in [2.05, 4.69) is 9.51 Å². The van der Waals surface area contributed by atoms with E-state index in [9.17, 15) is 29.0 Å². The Labute approximate surface area is 180 Å². The van der Waals surface area contributed by atoms with Crippen LogP contribution in [0.5, 0.6) is 0 Å². The molecule has 2 heterocycles. The monoisotopic (exact) mass is 384 g/mol. The summed E-state index contributed by atoms with van der Waals surface area (Å²) in [4.78, 5) is 45.8. The first-order chi connectivity index (χ1) is 9.67. The van der Waals surface area contributed by atoms with Crippen LogP contribution in [0.2, 0.25) is 0 Å². The Kier molecular flexibility index (Phi) is 12.0. The summed E-state index contributed by atoms with van der Waals surface area (Å²) in [5.41, 5.74) is -0.980. The van der Waals surface area contributed by atoms with Crippen LogP contribution in [0.25, 0.3) is 0 Å². The van der Waals surface area contributed by atoms with Crippen LogP contribution in [-0.2, 0) is 13.8 Å². The van der Waals surface area contributed by atoms with E-state index in [-0.39, 0.29) is 76.6 Å². The van der Waals surface area contributed by atoms with Crippen LogP contribution in [-0.4, -0.2) is 38.9 Å². The maximum Gasteiger partial charge on any atom is 1.00 e. The predicted molar refractivity (Wildman–Crippen MR) is 67.8 cm³/mol. The van der Waals surface area contributed by atoms with Gasteiger partial charge in [0.15, 0.2) is 0 Å². The molecular weight excluding hydrogens is 369 g/mol. The number of aliphatic hydroxyl groups excluding tert-OH is 1. The summed E-state index contributed by atoms with van der Waals surface area (Å²) in [6, 6.07) is 0. The predicted octanol–water partition coefficient (Wildman–Crippen LogP) is -9.48. The Morgan fingerprint density at radius 3 is 2.58 bits per heavy atom. The Morgan fingerprint density at radius 2 is 2.04 bits per heavy atom. The number of aliphatic hydroxyl groups is 1. The first-order valence-electron chi connectivity index (χ1n) is 5.99. The van der Waals surface area contributed by atoms with Gasteiger partial charge in [0.1, 0.15) is 12.3 Å². The number of phosphoric ester groups is 1.